The first-order valence-corrected chi connectivity index (χ1v) is 7.38. The molecule has 1 aromatic rings. The molecule has 5 heteroatoms. The molecule has 0 aromatic heterocycles. The third-order valence-electron chi connectivity index (χ3n) is 5.11. The molecule has 4 rings (SSSR count). The zero-order valence-corrected chi connectivity index (χ0v) is 11.9. The first-order chi connectivity index (χ1) is 10.0. The average molecular weight is 288 g/mol. The lowest BCUT2D eigenvalue weighted by Crippen LogP contribution is -2.53. The predicted octanol–water partition coefficient (Wildman–Crippen LogP) is 1.54. The van der Waals surface area contributed by atoms with Gasteiger partial charge in [0.1, 0.15) is 11.9 Å². The number of nitrogens with one attached hydrogen (secondary N) is 1. The van der Waals surface area contributed by atoms with Crippen molar-refractivity contribution >= 4 is 11.8 Å². The van der Waals surface area contributed by atoms with Gasteiger partial charge in [-0.25, -0.2) is 4.39 Å². The van der Waals surface area contributed by atoms with E-state index in [4.69, 9.17) is 0 Å². The van der Waals surface area contributed by atoms with E-state index in [-0.39, 0.29) is 23.0 Å². The second-order valence-electron chi connectivity index (χ2n) is 6.45. The van der Waals surface area contributed by atoms with Crippen LogP contribution in [0, 0.1) is 24.1 Å². The molecule has 0 spiro atoms. The molecule has 2 saturated carbocycles. The minimum atomic E-state index is -0.622. The molecule has 1 atom stereocenters. The van der Waals surface area contributed by atoms with E-state index in [0.29, 0.717) is 24.6 Å². The molecule has 1 aromatic carbocycles. The highest BCUT2D eigenvalue weighted by atomic mass is 19.1. The number of piperazine rings is 1. The fourth-order valence-electron chi connectivity index (χ4n) is 3.48. The van der Waals surface area contributed by atoms with Crippen LogP contribution in [0.2, 0.25) is 0 Å². The van der Waals surface area contributed by atoms with Gasteiger partial charge in [-0.15, -0.1) is 0 Å². The number of aryl methyl sites for hydroxylation is 1. The van der Waals surface area contributed by atoms with E-state index in [2.05, 4.69) is 5.32 Å². The highest BCUT2D eigenvalue weighted by Gasteiger charge is 2.75. The minimum Gasteiger partial charge on any atom is -0.352 e. The van der Waals surface area contributed by atoms with Crippen LogP contribution in [0.3, 0.4) is 0 Å². The van der Waals surface area contributed by atoms with Gasteiger partial charge >= 0.3 is 0 Å². The standard InChI is InChI=1S/C16H17FN2O2/c1-9-6-11(17)2-3-12(9)13-14(20)18-4-5-19(13)15(21)16-7-10(16)8-16/h2-3,6,10,13H,4-5,7-8H2,1H3,(H,18,20). The van der Waals surface area contributed by atoms with Crippen LogP contribution < -0.4 is 5.32 Å². The van der Waals surface area contributed by atoms with Gasteiger partial charge in [-0.3, -0.25) is 9.59 Å². The first-order valence-electron chi connectivity index (χ1n) is 7.38. The van der Waals surface area contributed by atoms with Gasteiger partial charge < -0.3 is 10.2 Å². The van der Waals surface area contributed by atoms with Crippen molar-refractivity contribution in [1.29, 1.82) is 0 Å². The van der Waals surface area contributed by atoms with Crippen molar-refractivity contribution in [3.63, 3.8) is 0 Å². The zero-order valence-electron chi connectivity index (χ0n) is 11.9. The van der Waals surface area contributed by atoms with Crippen molar-refractivity contribution in [3.05, 3.63) is 35.1 Å². The highest BCUT2D eigenvalue weighted by Crippen LogP contribution is 2.76. The number of halogens is 1. The number of hydrogen-bond donors (Lipinski definition) is 1. The SMILES string of the molecule is Cc1cc(F)ccc1C1C(=O)NCCN1C(=O)C12CC1C2. The molecule has 1 aliphatic heterocycles. The number of rotatable bonds is 2. The Morgan fingerprint density at radius 2 is 2.14 bits per heavy atom. The van der Waals surface area contributed by atoms with Crippen LogP contribution >= 0.6 is 0 Å². The Morgan fingerprint density at radius 3 is 2.76 bits per heavy atom. The molecule has 0 radical (unpaired) electrons. The summed E-state index contributed by atoms with van der Waals surface area (Å²) in [5.41, 5.74) is 1.27. The van der Waals surface area contributed by atoms with Crippen LogP contribution in [0.15, 0.2) is 18.2 Å². The molecule has 2 amide bonds. The van der Waals surface area contributed by atoms with Crippen molar-refractivity contribution in [1.82, 2.24) is 10.2 Å². The number of carbonyl (C=O) groups is 2. The molecule has 4 nitrogen and oxygen atoms in total. The topological polar surface area (TPSA) is 49.4 Å². The minimum absolute atomic E-state index is 0.107. The second-order valence-corrected chi connectivity index (χ2v) is 6.45. The summed E-state index contributed by atoms with van der Waals surface area (Å²) >= 11 is 0. The lowest BCUT2D eigenvalue weighted by atomic mass is 9.96. The van der Waals surface area contributed by atoms with Gasteiger partial charge in [0, 0.05) is 13.1 Å². The summed E-state index contributed by atoms with van der Waals surface area (Å²) in [5.74, 6) is 0.160. The monoisotopic (exact) mass is 288 g/mol. The van der Waals surface area contributed by atoms with Crippen LogP contribution in [0.1, 0.15) is 30.0 Å². The van der Waals surface area contributed by atoms with E-state index < -0.39 is 6.04 Å². The normalized spacial score (nSPS) is 33.2. The molecule has 3 aliphatic rings. The molecular formula is C16H17FN2O2. The van der Waals surface area contributed by atoms with E-state index >= 15 is 0 Å². The predicted molar refractivity (Wildman–Crippen MR) is 73.8 cm³/mol. The van der Waals surface area contributed by atoms with Gasteiger partial charge in [-0.2, -0.15) is 0 Å². The Labute approximate surface area is 122 Å². The highest BCUT2D eigenvalue weighted by molar-refractivity contribution is 5.95. The Kier molecular flexibility index (Phi) is 2.47. The maximum atomic E-state index is 13.3. The molecule has 0 bridgehead atoms. The maximum absolute atomic E-state index is 13.3. The van der Waals surface area contributed by atoms with Gasteiger partial charge in [-0.1, -0.05) is 6.07 Å². The van der Waals surface area contributed by atoms with Gasteiger partial charge in [0.25, 0.3) is 0 Å². The van der Waals surface area contributed by atoms with Gasteiger partial charge in [-0.05, 0) is 48.9 Å². The van der Waals surface area contributed by atoms with E-state index in [9.17, 15) is 14.0 Å². The average Bonchev–Trinajstić information content (AvgIpc) is 3.28. The molecule has 1 unspecified atom stereocenters. The molecule has 1 saturated heterocycles. The summed E-state index contributed by atoms with van der Waals surface area (Å²) < 4.78 is 13.3. The Hall–Kier alpha value is -1.91. The van der Waals surface area contributed by atoms with Crippen LogP contribution in [-0.2, 0) is 9.59 Å². The maximum Gasteiger partial charge on any atom is 0.247 e. The summed E-state index contributed by atoms with van der Waals surface area (Å²) in [4.78, 5) is 26.7. The summed E-state index contributed by atoms with van der Waals surface area (Å²) in [6.45, 7) is 2.79. The van der Waals surface area contributed by atoms with Gasteiger partial charge in [0.15, 0.2) is 0 Å². The lowest BCUT2D eigenvalue weighted by Gasteiger charge is -2.36. The van der Waals surface area contributed by atoms with Gasteiger partial charge in [0.2, 0.25) is 11.8 Å². The van der Waals surface area contributed by atoms with Crippen LogP contribution in [0.25, 0.3) is 0 Å². The first kappa shape index (κ1) is 12.8. The molecule has 110 valence electrons. The van der Waals surface area contributed by atoms with E-state index in [1.54, 1.807) is 17.9 Å². The Bertz CT molecular complexity index is 652. The molecule has 3 fully saturated rings. The zero-order chi connectivity index (χ0) is 14.8. The Balaban J connectivity index is 1.71. The second kappa shape index (κ2) is 4.06. The molecule has 1 N–H and O–H groups in total. The number of nitrogens with zero attached hydrogens (tertiary/aromatic N) is 1. The summed E-state index contributed by atoms with van der Waals surface area (Å²) in [7, 11) is 0. The number of amides is 2. The summed E-state index contributed by atoms with van der Waals surface area (Å²) in [6, 6.07) is 3.76. The number of benzene rings is 1. The van der Waals surface area contributed by atoms with Gasteiger partial charge in [0.05, 0.1) is 5.41 Å². The molecule has 21 heavy (non-hydrogen) atoms. The molecular weight excluding hydrogens is 271 g/mol. The third-order valence-corrected chi connectivity index (χ3v) is 5.11. The number of carbonyl (C=O) groups excluding carboxylic acids is 2. The van der Waals surface area contributed by atoms with Crippen LogP contribution in [-0.4, -0.2) is 29.8 Å². The van der Waals surface area contributed by atoms with E-state index in [1.165, 1.54) is 12.1 Å². The fraction of sp³-hybridized carbons (Fsp3) is 0.500. The quantitative estimate of drug-likeness (QED) is 0.897. The van der Waals surface area contributed by atoms with Crippen molar-refractivity contribution in [3.8, 4) is 0 Å². The van der Waals surface area contributed by atoms with E-state index in [0.717, 1.165) is 18.4 Å². The fourth-order valence-corrected chi connectivity index (χ4v) is 3.48. The number of fused-ring (bicyclic) bond motifs is 1. The third kappa shape index (κ3) is 1.79. The van der Waals surface area contributed by atoms with E-state index in [1.807, 2.05) is 0 Å². The van der Waals surface area contributed by atoms with Crippen LogP contribution in [0.5, 0.6) is 0 Å². The number of hydrogen-bond acceptors (Lipinski definition) is 2. The lowest BCUT2D eigenvalue weighted by molar-refractivity contribution is -0.146. The van der Waals surface area contributed by atoms with Crippen LogP contribution in [0.4, 0.5) is 4.39 Å². The Morgan fingerprint density at radius 1 is 1.43 bits per heavy atom. The largest absolute Gasteiger partial charge is 0.352 e. The van der Waals surface area contributed by atoms with Crippen molar-refractivity contribution in [2.24, 2.45) is 11.3 Å². The van der Waals surface area contributed by atoms with Crippen molar-refractivity contribution in [2.45, 2.75) is 25.8 Å². The molecule has 1 heterocycles. The molecule has 2 aliphatic carbocycles. The van der Waals surface area contributed by atoms with Crippen molar-refractivity contribution in [2.75, 3.05) is 13.1 Å². The van der Waals surface area contributed by atoms with Crippen molar-refractivity contribution < 1.29 is 14.0 Å². The summed E-state index contributed by atoms with van der Waals surface area (Å²) in [6.07, 6.45) is 1.94. The summed E-state index contributed by atoms with van der Waals surface area (Å²) in [5, 5.41) is 2.82. The smallest absolute Gasteiger partial charge is 0.247 e.